The molecule has 3 rings (SSSR count). The van der Waals surface area contributed by atoms with Crippen LogP contribution in [0.3, 0.4) is 0 Å². The van der Waals surface area contributed by atoms with Crippen molar-refractivity contribution in [3.63, 3.8) is 0 Å². The third-order valence-corrected chi connectivity index (χ3v) is 4.30. The maximum Gasteiger partial charge on any atom is 0.343 e. The van der Waals surface area contributed by atoms with Crippen LogP contribution in [-0.2, 0) is 9.53 Å². The minimum atomic E-state index is -0.947. The van der Waals surface area contributed by atoms with Crippen LogP contribution in [0.5, 0.6) is 5.75 Å². The first-order valence-corrected chi connectivity index (χ1v) is 8.38. The van der Waals surface area contributed by atoms with Crippen molar-refractivity contribution in [3.05, 3.63) is 65.7 Å². The monoisotopic (exact) mass is 339 g/mol. The highest BCUT2D eigenvalue weighted by Crippen LogP contribution is 2.26. The van der Waals surface area contributed by atoms with E-state index in [9.17, 15) is 9.59 Å². The molecule has 0 aromatic heterocycles. The van der Waals surface area contributed by atoms with Gasteiger partial charge in [0.15, 0.2) is 0 Å². The average molecular weight is 339 g/mol. The van der Waals surface area contributed by atoms with Crippen LogP contribution in [0.2, 0.25) is 0 Å². The lowest BCUT2D eigenvalue weighted by Gasteiger charge is -2.23. The molecule has 0 spiro atoms. The van der Waals surface area contributed by atoms with Crippen molar-refractivity contribution < 1.29 is 19.1 Å². The number of likely N-dealkylation sites (tertiary alicyclic amines) is 1. The largest absolute Gasteiger partial charge is 0.496 e. The first kappa shape index (κ1) is 17.0. The fraction of sp³-hybridized carbons (Fsp3) is 0.300. The van der Waals surface area contributed by atoms with Gasteiger partial charge in [-0.05, 0) is 25.0 Å². The highest BCUT2D eigenvalue weighted by Gasteiger charge is 2.31. The number of para-hydroxylation sites is 1. The van der Waals surface area contributed by atoms with E-state index in [1.54, 1.807) is 41.3 Å². The van der Waals surface area contributed by atoms with Crippen molar-refractivity contribution in [2.75, 3.05) is 20.2 Å². The van der Waals surface area contributed by atoms with Crippen LogP contribution in [0.25, 0.3) is 0 Å². The molecule has 0 bridgehead atoms. The molecule has 2 aromatic carbocycles. The molecule has 1 aliphatic heterocycles. The molecule has 0 unspecified atom stereocenters. The summed E-state index contributed by atoms with van der Waals surface area (Å²) >= 11 is 0. The predicted octanol–water partition coefficient (Wildman–Crippen LogP) is 3.22. The molecule has 5 heteroatoms. The number of rotatable bonds is 5. The summed E-state index contributed by atoms with van der Waals surface area (Å²) in [6.45, 7) is 1.41. The molecule has 0 aliphatic carbocycles. The highest BCUT2D eigenvalue weighted by atomic mass is 16.6. The van der Waals surface area contributed by atoms with Crippen molar-refractivity contribution in [2.45, 2.75) is 18.9 Å². The third kappa shape index (κ3) is 3.82. The lowest BCUT2D eigenvalue weighted by molar-refractivity contribution is -0.140. The number of methoxy groups -OCH3 is 1. The molecule has 1 amide bonds. The summed E-state index contributed by atoms with van der Waals surface area (Å²) < 4.78 is 10.8. The molecular weight excluding hydrogens is 318 g/mol. The zero-order valence-corrected chi connectivity index (χ0v) is 14.2. The molecule has 1 fully saturated rings. The maximum atomic E-state index is 12.9. The Balaban J connectivity index is 1.87. The van der Waals surface area contributed by atoms with E-state index in [4.69, 9.17) is 9.47 Å². The molecule has 1 aliphatic rings. The standard InChI is InChI=1S/C20H21NO4/c1-24-17-12-6-5-11-16(17)20(23)25-18(15-9-3-2-4-10-15)19(22)21-13-7-8-14-21/h2-6,9-12,18H,7-8,13-14H2,1H3/t18-/m0/s1. The van der Waals surface area contributed by atoms with E-state index in [0.29, 0.717) is 30.0 Å². The molecule has 130 valence electrons. The van der Waals surface area contributed by atoms with Crippen molar-refractivity contribution in [3.8, 4) is 5.75 Å². The van der Waals surface area contributed by atoms with Crippen LogP contribution in [0.1, 0.15) is 34.9 Å². The van der Waals surface area contributed by atoms with Crippen molar-refractivity contribution in [2.24, 2.45) is 0 Å². The average Bonchev–Trinajstić information content (AvgIpc) is 3.21. The van der Waals surface area contributed by atoms with E-state index in [1.807, 2.05) is 18.2 Å². The van der Waals surface area contributed by atoms with Gasteiger partial charge in [0, 0.05) is 18.7 Å². The van der Waals surface area contributed by atoms with Gasteiger partial charge in [0.1, 0.15) is 11.3 Å². The SMILES string of the molecule is COc1ccccc1C(=O)O[C@H](C(=O)N1CCCC1)c1ccccc1. The van der Waals surface area contributed by atoms with E-state index in [2.05, 4.69) is 0 Å². The lowest BCUT2D eigenvalue weighted by atomic mass is 10.1. The van der Waals surface area contributed by atoms with E-state index >= 15 is 0 Å². The molecule has 0 N–H and O–H groups in total. The number of hydrogen-bond donors (Lipinski definition) is 0. The van der Waals surface area contributed by atoms with Crippen LogP contribution in [0.15, 0.2) is 54.6 Å². The molecule has 5 nitrogen and oxygen atoms in total. The predicted molar refractivity (Wildman–Crippen MR) is 93.4 cm³/mol. The third-order valence-electron chi connectivity index (χ3n) is 4.30. The van der Waals surface area contributed by atoms with Crippen LogP contribution >= 0.6 is 0 Å². The highest BCUT2D eigenvalue weighted by molar-refractivity contribution is 5.95. The van der Waals surface area contributed by atoms with Gasteiger partial charge < -0.3 is 14.4 Å². The Morgan fingerprint density at radius 2 is 1.60 bits per heavy atom. The number of benzene rings is 2. The summed E-state index contributed by atoms with van der Waals surface area (Å²) in [5, 5.41) is 0. The smallest absolute Gasteiger partial charge is 0.343 e. The van der Waals surface area contributed by atoms with Gasteiger partial charge >= 0.3 is 5.97 Å². The van der Waals surface area contributed by atoms with Gasteiger partial charge in [-0.25, -0.2) is 4.79 Å². The summed E-state index contributed by atoms with van der Waals surface area (Å²) in [6.07, 6.45) is 1.01. The Morgan fingerprint density at radius 3 is 2.28 bits per heavy atom. The topological polar surface area (TPSA) is 55.8 Å². The van der Waals surface area contributed by atoms with Gasteiger partial charge in [0.2, 0.25) is 6.10 Å². The normalized spacial score (nSPS) is 14.8. The lowest BCUT2D eigenvalue weighted by Crippen LogP contribution is -2.34. The van der Waals surface area contributed by atoms with Crippen LogP contribution < -0.4 is 4.74 Å². The first-order valence-electron chi connectivity index (χ1n) is 8.38. The quantitative estimate of drug-likeness (QED) is 0.785. The number of amides is 1. The fourth-order valence-electron chi connectivity index (χ4n) is 2.98. The van der Waals surface area contributed by atoms with Crippen molar-refractivity contribution in [1.29, 1.82) is 0 Å². The Morgan fingerprint density at radius 1 is 0.960 bits per heavy atom. The maximum absolute atomic E-state index is 12.9. The summed E-state index contributed by atoms with van der Waals surface area (Å²) in [7, 11) is 1.50. The molecule has 0 radical (unpaired) electrons. The molecule has 1 atom stereocenters. The number of carbonyl (C=O) groups excluding carboxylic acids is 2. The van der Waals surface area contributed by atoms with Gasteiger partial charge in [-0.15, -0.1) is 0 Å². The van der Waals surface area contributed by atoms with Crippen LogP contribution in [0.4, 0.5) is 0 Å². The molecule has 1 heterocycles. The van der Waals surface area contributed by atoms with Crippen LogP contribution in [0, 0.1) is 0 Å². The van der Waals surface area contributed by atoms with Crippen LogP contribution in [-0.4, -0.2) is 37.0 Å². The van der Waals surface area contributed by atoms with E-state index < -0.39 is 12.1 Å². The minimum absolute atomic E-state index is 0.174. The van der Waals surface area contributed by atoms with Gasteiger partial charge in [0.25, 0.3) is 5.91 Å². The minimum Gasteiger partial charge on any atom is -0.496 e. The number of ether oxygens (including phenoxy) is 2. The second-order valence-electron chi connectivity index (χ2n) is 5.93. The summed E-state index contributed by atoms with van der Waals surface area (Å²) in [5.41, 5.74) is 0.975. The fourth-order valence-corrected chi connectivity index (χ4v) is 2.98. The van der Waals surface area contributed by atoms with Gasteiger partial charge in [-0.1, -0.05) is 42.5 Å². The van der Waals surface area contributed by atoms with Gasteiger partial charge in [0.05, 0.1) is 7.11 Å². The van der Waals surface area contributed by atoms with Gasteiger partial charge in [-0.2, -0.15) is 0 Å². The van der Waals surface area contributed by atoms with E-state index in [1.165, 1.54) is 7.11 Å². The molecule has 0 saturated carbocycles. The number of nitrogens with zero attached hydrogens (tertiary/aromatic N) is 1. The van der Waals surface area contributed by atoms with Gasteiger partial charge in [-0.3, -0.25) is 4.79 Å². The van der Waals surface area contributed by atoms with Crippen molar-refractivity contribution in [1.82, 2.24) is 4.90 Å². The Bertz CT molecular complexity index is 738. The zero-order valence-electron chi connectivity index (χ0n) is 14.2. The summed E-state index contributed by atoms with van der Waals surface area (Å²) in [6, 6.07) is 16.0. The number of carbonyl (C=O) groups is 2. The molecule has 2 aromatic rings. The second kappa shape index (κ2) is 7.83. The number of esters is 1. The Labute approximate surface area is 147 Å². The molecule has 1 saturated heterocycles. The molecule has 25 heavy (non-hydrogen) atoms. The first-order chi connectivity index (χ1) is 12.2. The Kier molecular flexibility index (Phi) is 5.33. The summed E-state index contributed by atoms with van der Waals surface area (Å²) in [5.74, 6) is -0.321. The van der Waals surface area contributed by atoms with Crippen molar-refractivity contribution >= 4 is 11.9 Å². The van der Waals surface area contributed by atoms with E-state index in [0.717, 1.165) is 12.8 Å². The number of hydrogen-bond acceptors (Lipinski definition) is 4. The zero-order chi connectivity index (χ0) is 17.6. The summed E-state index contributed by atoms with van der Waals surface area (Å²) in [4.78, 5) is 27.3. The molecular formula is C20H21NO4. The Hall–Kier alpha value is -2.82. The van der Waals surface area contributed by atoms with E-state index in [-0.39, 0.29) is 5.91 Å². The second-order valence-corrected chi connectivity index (χ2v) is 5.93.